The summed E-state index contributed by atoms with van der Waals surface area (Å²) in [5, 5.41) is 13.1. The molecular formula is C14H17ClN2O3. The molecule has 0 bridgehead atoms. The van der Waals surface area contributed by atoms with E-state index in [1.807, 2.05) is 12.1 Å². The summed E-state index contributed by atoms with van der Waals surface area (Å²) in [4.78, 5) is 14.9. The van der Waals surface area contributed by atoms with Crippen molar-refractivity contribution >= 4 is 29.0 Å². The van der Waals surface area contributed by atoms with Crippen LogP contribution in [0.2, 0.25) is 0 Å². The number of H-pyrrole nitrogens is 1. The molecule has 3 rings (SSSR count). The molecule has 0 spiro atoms. The fraction of sp³-hybridized carbons (Fsp3) is 0.357. The summed E-state index contributed by atoms with van der Waals surface area (Å²) in [6, 6.07) is 5.53. The molecule has 1 aromatic carbocycles. The van der Waals surface area contributed by atoms with E-state index in [0.717, 1.165) is 41.5 Å². The molecular weight excluding hydrogens is 280 g/mol. The van der Waals surface area contributed by atoms with Crippen LogP contribution in [0, 0.1) is 0 Å². The minimum atomic E-state index is -0.0151. The highest BCUT2D eigenvalue weighted by Crippen LogP contribution is 2.30. The van der Waals surface area contributed by atoms with Crippen LogP contribution in [0.25, 0.3) is 10.9 Å². The van der Waals surface area contributed by atoms with Crippen LogP contribution in [-0.2, 0) is 6.42 Å². The number of rotatable bonds is 3. The molecule has 5 nitrogen and oxygen atoms in total. The van der Waals surface area contributed by atoms with Gasteiger partial charge >= 0.3 is 0 Å². The predicted molar refractivity (Wildman–Crippen MR) is 81.2 cm³/mol. The first-order valence-corrected chi connectivity index (χ1v) is 6.46. The van der Waals surface area contributed by atoms with Crippen LogP contribution in [0.3, 0.4) is 0 Å². The first-order valence-electron chi connectivity index (χ1n) is 6.46. The number of aromatic amines is 1. The van der Waals surface area contributed by atoms with Gasteiger partial charge in [-0.2, -0.15) is 0 Å². The molecule has 0 atom stereocenters. The van der Waals surface area contributed by atoms with Crippen LogP contribution < -0.4 is 15.6 Å². The number of benzene rings is 1. The molecule has 3 N–H and O–H groups in total. The van der Waals surface area contributed by atoms with Crippen LogP contribution in [0.4, 0.5) is 5.69 Å². The van der Waals surface area contributed by atoms with Crippen molar-refractivity contribution in [2.24, 2.45) is 0 Å². The van der Waals surface area contributed by atoms with Crippen molar-refractivity contribution in [3.05, 3.63) is 34.1 Å². The van der Waals surface area contributed by atoms with Crippen LogP contribution >= 0.6 is 12.4 Å². The molecule has 1 aliphatic heterocycles. The number of aliphatic hydroxyl groups excluding tert-OH is 1. The van der Waals surface area contributed by atoms with Crippen molar-refractivity contribution in [3.8, 4) is 5.75 Å². The number of pyridine rings is 1. The highest BCUT2D eigenvalue weighted by Gasteiger charge is 2.16. The summed E-state index contributed by atoms with van der Waals surface area (Å²) in [5.74, 6) is 0.697. The molecule has 0 unspecified atom stereocenters. The number of anilines is 1. The van der Waals surface area contributed by atoms with Gasteiger partial charge in [0.2, 0.25) is 0 Å². The number of aromatic nitrogens is 1. The number of ether oxygens (including phenoxy) is 1. The molecule has 0 saturated carbocycles. The van der Waals surface area contributed by atoms with Gasteiger partial charge in [-0.05, 0) is 31.0 Å². The van der Waals surface area contributed by atoms with Gasteiger partial charge in [0.1, 0.15) is 12.4 Å². The highest BCUT2D eigenvalue weighted by molar-refractivity contribution is 5.94. The Labute approximate surface area is 122 Å². The quantitative estimate of drug-likeness (QED) is 0.805. The largest absolute Gasteiger partial charge is 0.491 e. The van der Waals surface area contributed by atoms with E-state index in [1.54, 1.807) is 6.07 Å². The van der Waals surface area contributed by atoms with E-state index in [1.165, 1.54) is 0 Å². The highest BCUT2D eigenvalue weighted by atomic mass is 35.5. The molecule has 1 aliphatic rings. The summed E-state index contributed by atoms with van der Waals surface area (Å²) in [6.45, 7) is 1.14. The Hall–Kier alpha value is -1.72. The molecule has 0 aliphatic carbocycles. The zero-order chi connectivity index (χ0) is 13.2. The van der Waals surface area contributed by atoms with Crippen molar-refractivity contribution in [2.45, 2.75) is 12.8 Å². The molecule has 0 radical (unpaired) electrons. The number of nitrogens with one attached hydrogen (secondary N) is 2. The second-order valence-electron chi connectivity index (χ2n) is 4.62. The minimum absolute atomic E-state index is 0. The van der Waals surface area contributed by atoms with E-state index in [4.69, 9.17) is 9.84 Å². The van der Waals surface area contributed by atoms with Gasteiger partial charge in [0, 0.05) is 17.5 Å². The monoisotopic (exact) mass is 296 g/mol. The van der Waals surface area contributed by atoms with Gasteiger partial charge in [0.05, 0.1) is 17.8 Å². The number of halogens is 1. The molecule has 6 heteroatoms. The second-order valence-corrected chi connectivity index (χ2v) is 4.62. The third-order valence-electron chi connectivity index (χ3n) is 3.35. The van der Waals surface area contributed by atoms with Crippen molar-refractivity contribution in [1.29, 1.82) is 0 Å². The van der Waals surface area contributed by atoms with E-state index in [9.17, 15) is 4.79 Å². The Balaban J connectivity index is 0.00000147. The topological polar surface area (TPSA) is 74.4 Å². The normalized spacial score (nSPS) is 13.2. The maximum absolute atomic E-state index is 12.0. The van der Waals surface area contributed by atoms with Gasteiger partial charge < -0.3 is 20.1 Å². The lowest BCUT2D eigenvalue weighted by Crippen LogP contribution is -2.22. The van der Waals surface area contributed by atoms with E-state index in [-0.39, 0.29) is 31.2 Å². The fourth-order valence-electron chi connectivity index (χ4n) is 2.49. The van der Waals surface area contributed by atoms with E-state index >= 15 is 0 Å². The van der Waals surface area contributed by atoms with Crippen molar-refractivity contribution in [2.75, 3.05) is 25.1 Å². The molecule has 0 amide bonds. The van der Waals surface area contributed by atoms with E-state index in [0.29, 0.717) is 5.75 Å². The maximum atomic E-state index is 12.0. The number of hydrogen-bond donors (Lipinski definition) is 3. The second kappa shape index (κ2) is 6.15. The van der Waals surface area contributed by atoms with Crippen molar-refractivity contribution in [1.82, 2.24) is 4.98 Å². The number of hydrogen-bond acceptors (Lipinski definition) is 4. The third-order valence-corrected chi connectivity index (χ3v) is 3.35. The average molecular weight is 297 g/mol. The zero-order valence-corrected chi connectivity index (χ0v) is 11.8. The average Bonchev–Trinajstić information content (AvgIpc) is 2.46. The molecule has 0 saturated heterocycles. The van der Waals surface area contributed by atoms with Gasteiger partial charge in [-0.15, -0.1) is 12.4 Å². The molecule has 2 aromatic rings. The van der Waals surface area contributed by atoms with Crippen LogP contribution in [-0.4, -0.2) is 29.8 Å². The molecule has 0 fully saturated rings. The van der Waals surface area contributed by atoms with Crippen molar-refractivity contribution < 1.29 is 9.84 Å². The Morgan fingerprint density at radius 3 is 3.00 bits per heavy atom. The first-order chi connectivity index (χ1) is 9.29. The maximum Gasteiger partial charge on any atom is 0.253 e. The molecule has 1 aromatic heterocycles. The Morgan fingerprint density at radius 2 is 2.20 bits per heavy atom. The Morgan fingerprint density at radius 1 is 1.35 bits per heavy atom. The Kier molecular flexibility index (Phi) is 4.52. The summed E-state index contributed by atoms with van der Waals surface area (Å²) in [7, 11) is 0. The standard InChI is InChI=1S/C14H16N2O3.ClH/c17-6-7-19-9-3-4-12-11(8-9)13-10(14(18)16-12)2-1-5-15-13;/h3-4,8,15,17H,1-2,5-7H2,(H,16,18);1H. The molecule has 20 heavy (non-hydrogen) atoms. The summed E-state index contributed by atoms with van der Waals surface area (Å²) >= 11 is 0. The summed E-state index contributed by atoms with van der Waals surface area (Å²) in [6.07, 6.45) is 1.78. The van der Waals surface area contributed by atoms with Gasteiger partial charge in [0.15, 0.2) is 0 Å². The number of aliphatic hydroxyl groups is 1. The smallest absolute Gasteiger partial charge is 0.253 e. The van der Waals surface area contributed by atoms with Crippen LogP contribution in [0.5, 0.6) is 5.75 Å². The van der Waals surface area contributed by atoms with Gasteiger partial charge in [-0.1, -0.05) is 0 Å². The molecule has 2 heterocycles. The summed E-state index contributed by atoms with van der Waals surface area (Å²) < 4.78 is 5.41. The fourth-order valence-corrected chi connectivity index (χ4v) is 2.49. The number of fused-ring (bicyclic) bond motifs is 3. The lowest BCUT2D eigenvalue weighted by Gasteiger charge is -2.19. The molecule has 108 valence electrons. The SMILES string of the molecule is Cl.O=c1[nH]c2ccc(OCCO)cc2c2c1CCCN2. The van der Waals surface area contributed by atoms with Crippen molar-refractivity contribution in [3.63, 3.8) is 0 Å². The lowest BCUT2D eigenvalue weighted by atomic mass is 10.0. The zero-order valence-electron chi connectivity index (χ0n) is 10.9. The Bertz CT molecular complexity index is 669. The minimum Gasteiger partial charge on any atom is -0.491 e. The van der Waals surface area contributed by atoms with Crippen LogP contribution in [0.1, 0.15) is 12.0 Å². The first kappa shape index (κ1) is 14.7. The lowest BCUT2D eigenvalue weighted by molar-refractivity contribution is 0.201. The van der Waals surface area contributed by atoms with E-state index < -0.39 is 0 Å². The third kappa shape index (κ3) is 2.59. The van der Waals surface area contributed by atoms with Gasteiger partial charge in [-0.3, -0.25) is 4.79 Å². The van der Waals surface area contributed by atoms with E-state index in [2.05, 4.69) is 10.3 Å². The predicted octanol–water partition coefficient (Wildman–Crippen LogP) is 1.68. The summed E-state index contributed by atoms with van der Waals surface area (Å²) in [5.41, 5.74) is 2.52. The van der Waals surface area contributed by atoms with Gasteiger partial charge in [0.25, 0.3) is 5.56 Å². The van der Waals surface area contributed by atoms with Gasteiger partial charge in [-0.25, -0.2) is 0 Å². The van der Waals surface area contributed by atoms with Crippen LogP contribution in [0.15, 0.2) is 23.0 Å².